The predicted octanol–water partition coefficient (Wildman–Crippen LogP) is 0.923. The maximum Gasteiger partial charge on any atom is 0.282 e. The Balaban J connectivity index is 2.70. The summed E-state index contributed by atoms with van der Waals surface area (Å²) in [5.74, 6) is -0.254. The van der Waals surface area contributed by atoms with Gasteiger partial charge in [-0.3, -0.25) is 9.59 Å². The van der Waals surface area contributed by atoms with E-state index in [-0.39, 0.29) is 18.4 Å². The van der Waals surface area contributed by atoms with E-state index in [4.69, 9.17) is 23.2 Å². The fraction of sp³-hybridized carbons (Fsp3) is 0.429. The number of nitrogens with zero attached hydrogens (tertiary/aromatic N) is 1. The molecule has 2 N–H and O–H groups in total. The first-order chi connectivity index (χ1) is 9.72. The third-order valence-corrected chi connectivity index (χ3v) is 3.81. The second kappa shape index (κ2) is 7.64. The van der Waals surface area contributed by atoms with Crippen molar-refractivity contribution in [2.24, 2.45) is 0 Å². The predicted molar refractivity (Wildman–Crippen MR) is 85.0 cm³/mol. The van der Waals surface area contributed by atoms with E-state index in [0.29, 0.717) is 15.7 Å². The molecule has 0 aromatic heterocycles. The van der Waals surface area contributed by atoms with E-state index in [2.05, 4.69) is 5.32 Å². The van der Waals surface area contributed by atoms with Gasteiger partial charge in [-0.05, 0) is 25.1 Å². The number of carbonyl (C=O) groups is 2. The molecule has 1 aromatic carbocycles. The van der Waals surface area contributed by atoms with Crippen LogP contribution in [0.15, 0.2) is 18.2 Å². The number of hydrogen-bond acceptors (Lipinski definition) is 2. The minimum absolute atomic E-state index is 0.0343. The molecule has 0 saturated heterocycles. The molecule has 1 rings (SSSR count). The first-order valence-electron chi connectivity index (χ1n) is 6.50. The maximum absolute atomic E-state index is 12.2. The number of likely N-dealkylation sites (N-methyl/N-ethyl adjacent to an activating group) is 2. The van der Waals surface area contributed by atoms with E-state index in [0.717, 1.165) is 4.90 Å². The fourth-order valence-electron chi connectivity index (χ4n) is 1.61. The van der Waals surface area contributed by atoms with Gasteiger partial charge in [-0.1, -0.05) is 23.2 Å². The average Bonchev–Trinajstić information content (AvgIpc) is 2.41. The topological polar surface area (TPSA) is 53.9 Å². The summed E-state index contributed by atoms with van der Waals surface area (Å²) in [5.41, 5.74) is 0.466. The highest BCUT2D eigenvalue weighted by molar-refractivity contribution is 6.35. The molecule has 0 aliphatic heterocycles. The van der Waals surface area contributed by atoms with Crippen molar-refractivity contribution >= 4 is 40.7 Å². The molecule has 2 atom stereocenters. The normalized spacial score (nSPS) is 13.4. The number of benzene rings is 1. The fourth-order valence-corrected chi connectivity index (χ4v) is 1.94. The molecule has 1 aromatic rings. The Morgan fingerprint density at radius 1 is 1.33 bits per heavy atom. The highest BCUT2D eigenvalue weighted by atomic mass is 35.5. The molecule has 0 spiro atoms. The van der Waals surface area contributed by atoms with Gasteiger partial charge >= 0.3 is 0 Å². The Bertz CT molecular complexity index is 535. The van der Waals surface area contributed by atoms with Crippen molar-refractivity contribution in [3.63, 3.8) is 0 Å². The van der Waals surface area contributed by atoms with Gasteiger partial charge in [-0.15, -0.1) is 0 Å². The van der Waals surface area contributed by atoms with Crippen molar-refractivity contribution in [2.45, 2.75) is 13.0 Å². The summed E-state index contributed by atoms with van der Waals surface area (Å²) in [6.45, 7) is 2.00. The zero-order chi connectivity index (χ0) is 16.2. The van der Waals surface area contributed by atoms with Crippen molar-refractivity contribution in [2.75, 3.05) is 33.0 Å². The van der Waals surface area contributed by atoms with Gasteiger partial charge in [0.15, 0.2) is 12.6 Å². The highest BCUT2D eigenvalue weighted by Crippen LogP contribution is 2.25. The maximum atomic E-state index is 12.2. The summed E-state index contributed by atoms with van der Waals surface area (Å²) < 4.78 is 0. The summed E-state index contributed by atoms with van der Waals surface area (Å²) in [7, 11) is 5.17. The van der Waals surface area contributed by atoms with Crippen molar-refractivity contribution in [1.82, 2.24) is 4.90 Å². The van der Waals surface area contributed by atoms with Gasteiger partial charge in [0.1, 0.15) is 0 Å². The Labute approximate surface area is 134 Å². The molecule has 1 unspecified atom stereocenters. The van der Waals surface area contributed by atoms with Crippen molar-refractivity contribution in [1.29, 1.82) is 0 Å². The molecule has 116 valence electrons. The number of halogens is 2. The number of amides is 2. The largest absolute Gasteiger partial charge is 0.344 e. The monoisotopic (exact) mass is 332 g/mol. The Kier molecular flexibility index (Phi) is 6.45. The minimum atomic E-state index is -0.399. The molecule has 0 fully saturated rings. The molecular weight excluding hydrogens is 313 g/mol. The van der Waals surface area contributed by atoms with Crippen LogP contribution in [0.4, 0.5) is 5.69 Å². The van der Waals surface area contributed by atoms with Crippen LogP contribution in [0.3, 0.4) is 0 Å². The van der Waals surface area contributed by atoms with Crippen LogP contribution in [-0.4, -0.2) is 50.4 Å². The van der Waals surface area contributed by atoms with Crippen LogP contribution >= 0.6 is 23.2 Å². The summed E-state index contributed by atoms with van der Waals surface area (Å²) in [5, 5.41) is 3.64. The van der Waals surface area contributed by atoms with Crippen LogP contribution in [0.25, 0.3) is 0 Å². The highest BCUT2D eigenvalue weighted by Gasteiger charge is 2.25. The quantitative estimate of drug-likeness (QED) is 0.842. The molecule has 0 heterocycles. The third-order valence-electron chi connectivity index (χ3n) is 3.25. The molecule has 0 aliphatic rings. The molecule has 5 nitrogen and oxygen atoms in total. The first kappa shape index (κ1) is 17.8. The van der Waals surface area contributed by atoms with E-state index in [9.17, 15) is 9.59 Å². The molecular formula is C14H20Cl2N3O2+. The van der Waals surface area contributed by atoms with E-state index in [1.165, 1.54) is 4.90 Å². The number of rotatable bonds is 5. The molecule has 2 amide bonds. The number of hydrogen-bond donors (Lipinski definition) is 2. The lowest BCUT2D eigenvalue weighted by Crippen LogP contribution is -3.15. The minimum Gasteiger partial charge on any atom is -0.344 e. The van der Waals surface area contributed by atoms with Crippen molar-refractivity contribution in [3.8, 4) is 0 Å². The van der Waals surface area contributed by atoms with Gasteiger partial charge in [0.05, 0.1) is 17.8 Å². The van der Waals surface area contributed by atoms with E-state index >= 15 is 0 Å². The lowest BCUT2D eigenvalue weighted by Gasteiger charge is -2.22. The van der Waals surface area contributed by atoms with Crippen LogP contribution in [0.1, 0.15) is 6.92 Å². The Morgan fingerprint density at radius 3 is 2.52 bits per heavy atom. The van der Waals surface area contributed by atoms with Crippen molar-refractivity contribution < 1.29 is 14.5 Å². The standard InChI is InChI=1S/C14H19Cl2N3O2/c1-9(19(4)8-13(20)18(2)3)14(21)17-12-7-10(15)5-6-11(12)16/h5-7,9H,8H2,1-4H3,(H,17,21)/p+1/t9-/m0/s1. The van der Waals surface area contributed by atoms with E-state index in [1.54, 1.807) is 46.3 Å². The molecule has 0 bridgehead atoms. The zero-order valence-electron chi connectivity index (χ0n) is 12.5. The summed E-state index contributed by atoms with van der Waals surface area (Å²) in [6, 6.07) is 4.46. The van der Waals surface area contributed by atoms with Crippen LogP contribution in [0.5, 0.6) is 0 Å². The zero-order valence-corrected chi connectivity index (χ0v) is 14.0. The molecule has 7 heteroatoms. The molecule has 0 saturated carbocycles. The van der Waals surface area contributed by atoms with Gasteiger partial charge in [0, 0.05) is 19.1 Å². The van der Waals surface area contributed by atoms with Gasteiger partial charge in [0.2, 0.25) is 0 Å². The number of carbonyl (C=O) groups excluding carboxylic acids is 2. The van der Waals surface area contributed by atoms with Gasteiger partial charge in [-0.2, -0.15) is 0 Å². The van der Waals surface area contributed by atoms with Gasteiger partial charge < -0.3 is 15.1 Å². The van der Waals surface area contributed by atoms with Crippen LogP contribution < -0.4 is 10.2 Å². The first-order valence-corrected chi connectivity index (χ1v) is 7.26. The molecule has 21 heavy (non-hydrogen) atoms. The molecule has 0 aliphatic carbocycles. The van der Waals surface area contributed by atoms with Gasteiger partial charge in [-0.25, -0.2) is 0 Å². The summed E-state index contributed by atoms with van der Waals surface area (Å²) in [6.07, 6.45) is 0. The lowest BCUT2D eigenvalue weighted by molar-refractivity contribution is -0.886. The Hall–Kier alpha value is -1.30. The van der Waals surface area contributed by atoms with Crippen LogP contribution in [-0.2, 0) is 9.59 Å². The SMILES string of the molecule is C[C@@H](C(=O)Nc1cc(Cl)ccc1Cl)[NH+](C)CC(=O)N(C)C. The van der Waals surface area contributed by atoms with Crippen LogP contribution in [0, 0.1) is 0 Å². The number of quaternary nitrogens is 1. The smallest absolute Gasteiger partial charge is 0.282 e. The Morgan fingerprint density at radius 2 is 1.95 bits per heavy atom. The van der Waals surface area contributed by atoms with Gasteiger partial charge in [0.25, 0.3) is 11.8 Å². The van der Waals surface area contributed by atoms with Crippen LogP contribution in [0.2, 0.25) is 10.0 Å². The summed E-state index contributed by atoms with van der Waals surface area (Å²) in [4.78, 5) is 26.2. The van der Waals surface area contributed by atoms with Crippen molar-refractivity contribution in [3.05, 3.63) is 28.2 Å². The second-order valence-corrected chi connectivity index (χ2v) is 5.99. The molecule has 0 radical (unpaired) electrons. The summed E-state index contributed by atoms with van der Waals surface area (Å²) >= 11 is 11.9. The second-order valence-electron chi connectivity index (χ2n) is 5.15. The average molecular weight is 333 g/mol. The lowest BCUT2D eigenvalue weighted by atomic mass is 10.2. The van der Waals surface area contributed by atoms with E-state index < -0.39 is 6.04 Å². The number of nitrogens with one attached hydrogen (secondary N) is 2. The number of anilines is 1. The van der Waals surface area contributed by atoms with E-state index in [1.807, 2.05) is 0 Å². The third kappa shape index (κ3) is 5.19.